The Morgan fingerprint density at radius 2 is 1.68 bits per heavy atom. The largest absolute Gasteiger partial charge is 0.487 e. The van der Waals surface area contributed by atoms with Crippen molar-refractivity contribution in [2.45, 2.75) is 6.61 Å². The number of nitrogens with zero attached hydrogens (tertiary/aromatic N) is 2. The molecule has 1 aromatic heterocycles. The van der Waals surface area contributed by atoms with Crippen molar-refractivity contribution in [1.29, 1.82) is 0 Å². The lowest BCUT2D eigenvalue weighted by Gasteiger charge is -2.11. The first kappa shape index (κ1) is 17.5. The van der Waals surface area contributed by atoms with Gasteiger partial charge in [0.15, 0.2) is 0 Å². The van der Waals surface area contributed by atoms with E-state index in [2.05, 4.69) is 10.3 Å². The van der Waals surface area contributed by atoms with Gasteiger partial charge >= 0.3 is 0 Å². The van der Waals surface area contributed by atoms with Crippen molar-refractivity contribution < 1.29 is 9.66 Å². The molecule has 0 saturated heterocycles. The lowest BCUT2D eigenvalue weighted by Crippen LogP contribution is -2.00. The minimum absolute atomic E-state index is 0.00184. The van der Waals surface area contributed by atoms with Crippen molar-refractivity contribution >= 4 is 28.1 Å². The minimum Gasteiger partial charge on any atom is -0.487 e. The highest BCUT2D eigenvalue weighted by atomic mass is 16.6. The summed E-state index contributed by atoms with van der Waals surface area (Å²) < 4.78 is 5.97. The Hall–Kier alpha value is -3.93. The summed E-state index contributed by atoms with van der Waals surface area (Å²) >= 11 is 0. The third-order valence-corrected chi connectivity index (χ3v) is 4.28. The number of rotatable bonds is 6. The predicted octanol–water partition coefficient (Wildman–Crippen LogP) is 5.47. The molecule has 0 amide bonds. The predicted molar refractivity (Wildman–Crippen MR) is 109 cm³/mol. The minimum atomic E-state index is -0.419. The average Bonchev–Trinajstić information content (AvgIpc) is 2.73. The Morgan fingerprint density at radius 1 is 0.893 bits per heavy atom. The number of anilines is 2. The second-order valence-electron chi connectivity index (χ2n) is 6.20. The fraction of sp³-hybridized carbons (Fsp3) is 0.0455. The van der Waals surface area contributed by atoms with E-state index >= 15 is 0 Å². The van der Waals surface area contributed by atoms with Crippen LogP contribution in [0.25, 0.3) is 10.9 Å². The van der Waals surface area contributed by atoms with E-state index in [1.54, 1.807) is 24.3 Å². The van der Waals surface area contributed by atoms with Gasteiger partial charge in [0.2, 0.25) is 0 Å². The Bertz CT molecular complexity index is 1130. The highest BCUT2D eigenvalue weighted by Gasteiger charge is 2.13. The quantitative estimate of drug-likeness (QED) is 0.359. The number of nitro benzene ring substituents is 1. The molecule has 0 radical (unpaired) electrons. The molecule has 0 fully saturated rings. The van der Waals surface area contributed by atoms with Gasteiger partial charge in [-0.05, 0) is 29.8 Å². The van der Waals surface area contributed by atoms with Gasteiger partial charge in [0.25, 0.3) is 5.69 Å². The summed E-state index contributed by atoms with van der Waals surface area (Å²) in [4.78, 5) is 15.4. The Kier molecular flexibility index (Phi) is 4.84. The maximum Gasteiger partial charge on any atom is 0.292 e. The first-order chi connectivity index (χ1) is 13.7. The molecular formula is C22H17N3O3. The van der Waals surface area contributed by atoms with Crippen LogP contribution in [0.3, 0.4) is 0 Å². The topological polar surface area (TPSA) is 77.3 Å². The zero-order chi connectivity index (χ0) is 19.3. The monoisotopic (exact) mass is 371 g/mol. The third kappa shape index (κ3) is 3.76. The molecule has 0 unspecified atom stereocenters. The molecule has 0 bridgehead atoms. The normalized spacial score (nSPS) is 10.6. The summed E-state index contributed by atoms with van der Waals surface area (Å²) in [6.07, 6.45) is 0. The fourth-order valence-electron chi connectivity index (χ4n) is 2.92. The van der Waals surface area contributed by atoms with Crippen LogP contribution in [0.5, 0.6) is 5.75 Å². The maximum absolute atomic E-state index is 11.2. The van der Waals surface area contributed by atoms with E-state index in [4.69, 9.17) is 4.74 Å². The van der Waals surface area contributed by atoms with E-state index in [1.165, 1.54) is 6.07 Å². The van der Waals surface area contributed by atoms with Crippen LogP contribution in [0.1, 0.15) is 5.56 Å². The van der Waals surface area contributed by atoms with Crippen LogP contribution in [0, 0.1) is 10.1 Å². The van der Waals surface area contributed by atoms with E-state index < -0.39 is 4.92 Å². The lowest BCUT2D eigenvalue weighted by atomic mass is 10.2. The molecule has 6 nitrogen and oxygen atoms in total. The average molecular weight is 371 g/mol. The van der Waals surface area contributed by atoms with Gasteiger partial charge in [-0.1, -0.05) is 54.6 Å². The number of hydrogen-bond acceptors (Lipinski definition) is 5. The number of hydrogen-bond donors (Lipinski definition) is 1. The van der Waals surface area contributed by atoms with Crippen LogP contribution < -0.4 is 10.1 Å². The molecule has 28 heavy (non-hydrogen) atoms. The van der Waals surface area contributed by atoms with Crippen LogP contribution in [0.4, 0.5) is 17.2 Å². The summed E-state index contributed by atoms with van der Waals surface area (Å²) in [5.41, 5.74) is 2.15. The molecule has 0 aliphatic carbocycles. The van der Waals surface area contributed by atoms with Crippen molar-refractivity contribution in [3.8, 4) is 5.75 Å². The molecule has 0 aliphatic heterocycles. The van der Waals surface area contributed by atoms with Gasteiger partial charge in [0.1, 0.15) is 29.4 Å². The molecule has 0 atom stereocenters. The zero-order valence-corrected chi connectivity index (χ0v) is 14.9. The second-order valence-corrected chi connectivity index (χ2v) is 6.20. The molecule has 1 N–H and O–H groups in total. The maximum atomic E-state index is 11.2. The molecule has 0 saturated carbocycles. The van der Waals surface area contributed by atoms with Gasteiger partial charge in [-0.3, -0.25) is 10.1 Å². The first-order valence-corrected chi connectivity index (χ1v) is 8.78. The van der Waals surface area contributed by atoms with E-state index in [0.29, 0.717) is 29.4 Å². The fourth-order valence-corrected chi connectivity index (χ4v) is 2.92. The van der Waals surface area contributed by atoms with Crippen molar-refractivity contribution in [2.24, 2.45) is 0 Å². The van der Waals surface area contributed by atoms with E-state index in [0.717, 1.165) is 10.9 Å². The number of nitro groups is 1. The summed E-state index contributed by atoms with van der Waals surface area (Å²) in [6.45, 7) is 0.434. The van der Waals surface area contributed by atoms with Gasteiger partial charge in [-0.15, -0.1) is 0 Å². The van der Waals surface area contributed by atoms with Gasteiger partial charge in [-0.2, -0.15) is 0 Å². The van der Waals surface area contributed by atoms with Crippen LogP contribution in [-0.4, -0.2) is 9.91 Å². The van der Waals surface area contributed by atoms with E-state index in [-0.39, 0.29) is 5.69 Å². The van der Waals surface area contributed by atoms with E-state index in [1.807, 2.05) is 54.6 Å². The lowest BCUT2D eigenvalue weighted by molar-refractivity contribution is -0.383. The number of fused-ring (bicyclic) bond motifs is 1. The third-order valence-electron chi connectivity index (χ3n) is 4.28. The molecule has 3 aromatic carbocycles. The van der Waals surface area contributed by atoms with Gasteiger partial charge in [0, 0.05) is 11.5 Å². The standard InChI is InChI=1S/C22H17N3O3/c26-25(27)19-11-5-4-10-18(19)23-21-14-13-17-9-6-12-20(22(17)24-21)28-15-16-7-2-1-3-8-16/h1-14H,15H2,(H,23,24). The molecular weight excluding hydrogens is 354 g/mol. The molecule has 138 valence electrons. The number of nitrogens with one attached hydrogen (secondary N) is 1. The Morgan fingerprint density at radius 3 is 2.50 bits per heavy atom. The number of aromatic nitrogens is 1. The van der Waals surface area contributed by atoms with Gasteiger partial charge < -0.3 is 10.1 Å². The van der Waals surface area contributed by atoms with Gasteiger partial charge in [-0.25, -0.2) is 4.98 Å². The summed E-state index contributed by atoms with van der Waals surface area (Å²) in [5, 5.41) is 15.2. The highest BCUT2D eigenvalue weighted by Crippen LogP contribution is 2.30. The number of para-hydroxylation sites is 3. The van der Waals surface area contributed by atoms with Crippen molar-refractivity contribution in [2.75, 3.05) is 5.32 Å². The summed E-state index contributed by atoms with van der Waals surface area (Å²) in [7, 11) is 0. The SMILES string of the molecule is O=[N+]([O-])c1ccccc1Nc1ccc2cccc(OCc3ccccc3)c2n1. The van der Waals surface area contributed by atoms with Crippen LogP contribution >= 0.6 is 0 Å². The molecule has 0 spiro atoms. The number of benzene rings is 3. The van der Waals surface area contributed by atoms with E-state index in [9.17, 15) is 10.1 Å². The van der Waals surface area contributed by atoms with Crippen molar-refractivity contribution in [1.82, 2.24) is 4.98 Å². The molecule has 0 aliphatic rings. The smallest absolute Gasteiger partial charge is 0.292 e. The van der Waals surface area contributed by atoms with Gasteiger partial charge in [0.05, 0.1) is 4.92 Å². The number of pyridine rings is 1. The zero-order valence-electron chi connectivity index (χ0n) is 14.9. The molecule has 4 aromatic rings. The van der Waals surface area contributed by atoms with Crippen LogP contribution in [-0.2, 0) is 6.61 Å². The second kappa shape index (κ2) is 7.75. The van der Waals surface area contributed by atoms with Crippen molar-refractivity contribution in [3.05, 3.63) is 101 Å². The molecule has 1 heterocycles. The Balaban J connectivity index is 1.64. The molecule has 6 heteroatoms. The van der Waals surface area contributed by atoms with Crippen LogP contribution in [0.15, 0.2) is 84.9 Å². The van der Waals surface area contributed by atoms with Crippen LogP contribution in [0.2, 0.25) is 0 Å². The summed E-state index contributed by atoms with van der Waals surface area (Å²) in [6, 6.07) is 25.8. The Labute approximate surface area is 161 Å². The molecule has 4 rings (SSSR count). The number of ether oxygens (including phenoxy) is 1. The van der Waals surface area contributed by atoms with Crippen molar-refractivity contribution in [3.63, 3.8) is 0 Å². The highest BCUT2D eigenvalue weighted by molar-refractivity contribution is 5.86. The first-order valence-electron chi connectivity index (χ1n) is 8.78. The summed E-state index contributed by atoms with van der Waals surface area (Å²) in [5.74, 6) is 1.17.